The lowest BCUT2D eigenvalue weighted by molar-refractivity contribution is -0.144. The maximum atomic E-state index is 14.4. The fourth-order valence-electron chi connectivity index (χ4n) is 5.23. The predicted molar refractivity (Wildman–Crippen MR) is 163 cm³/mol. The number of carbonyl (C=O) groups is 3. The summed E-state index contributed by atoms with van der Waals surface area (Å²) in [4.78, 5) is 43.0. The number of amides is 3. The molecule has 0 bridgehead atoms. The van der Waals surface area contributed by atoms with E-state index < -0.39 is 23.8 Å². The van der Waals surface area contributed by atoms with E-state index in [0.717, 1.165) is 62.5 Å². The molecule has 2 rings (SSSR count). The highest BCUT2D eigenvalue weighted by Gasteiger charge is 2.38. The number of nitrogens with one attached hydrogen (secondary N) is 2. The lowest BCUT2D eigenvalue weighted by Crippen LogP contribution is -2.56. The van der Waals surface area contributed by atoms with Gasteiger partial charge in [0.05, 0.1) is 0 Å². The van der Waals surface area contributed by atoms with E-state index >= 15 is 0 Å². The summed E-state index contributed by atoms with van der Waals surface area (Å²) in [7, 11) is 0. The van der Waals surface area contributed by atoms with Crippen molar-refractivity contribution in [3.05, 3.63) is 42.0 Å². The van der Waals surface area contributed by atoms with Crippen molar-refractivity contribution in [1.82, 2.24) is 15.5 Å². The average molecular weight is 556 g/mol. The number of hydrogen-bond donors (Lipinski definition) is 2. The first kappa shape index (κ1) is 33.4. The molecule has 3 amide bonds. The zero-order chi connectivity index (χ0) is 29.7. The molecule has 0 spiro atoms. The van der Waals surface area contributed by atoms with Crippen LogP contribution in [0.3, 0.4) is 0 Å². The molecule has 1 aliphatic rings. The number of carbonyl (C=O) groups excluding carboxylic acids is 3. The van der Waals surface area contributed by atoms with Crippen LogP contribution in [0.15, 0.2) is 30.8 Å². The molecule has 1 aromatic carbocycles. The molecule has 0 radical (unpaired) electrons. The van der Waals surface area contributed by atoms with Gasteiger partial charge in [0.25, 0.3) is 0 Å². The lowest BCUT2D eigenvalue weighted by Gasteiger charge is -2.37. The molecule has 0 aromatic heterocycles. The number of rotatable bonds is 14. The molecule has 0 saturated heterocycles. The Balaban J connectivity index is 2.52. The fourth-order valence-corrected chi connectivity index (χ4v) is 5.23. The maximum absolute atomic E-state index is 14.4. The first-order valence-corrected chi connectivity index (χ1v) is 15.3. The fraction of sp³-hybridized carbons (Fsp3) is 0.667. The number of nitrogens with zero attached hydrogens (tertiary/aromatic N) is 1. The first-order chi connectivity index (χ1) is 19.0. The Hall–Kier alpha value is -2.83. The van der Waals surface area contributed by atoms with Gasteiger partial charge in [-0.3, -0.25) is 9.59 Å². The van der Waals surface area contributed by atoms with Gasteiger partial charge in [-0.1, -0.05) is 96.6 Å². The van der Waals surface area contributed by atoms with Crippen molar-refractivity contribution in [3.8, 4) is 0 Å². The standard InChI is InChI=1S/C33H53N3O4/c1-8-11-12-16-22-36(31(38)28(24(4)9-2)35-32(39)40-33(5,6)7)29(26-19-17-18-25(10-3)23-26)30(37)34-27-20-14-13-15-21-27/h10,17-19,23-24,27-29H,3,8-9,11-16,20-22H2,1-2,4-7H3,(H,34,37)(H,35,39). The van der Waals surface area contributed by atoms with Crippen molar-refractivity contribution in [3.63, 3.8) is 0 Å². The van der Waals surface area contributed by atoms with Crippen molar-refractivity contribution in [2.45, 2.75) is 129 Å². The maximum Gasteiger partial charge on any atom is 0.408 e. The van der Waals surface area contributed by atoms with Crippen LogP contribution in [-0.4, -0.2) is 47.0 Å². The molecule has 0 aliphatic heterocycles. The smallest absolute Gasteiger partial charge is 0.408 e. The SMILES string of the molecule is C=Cc1cccc(C(C(=O)NC2CCCCC2)N(CCCCCC)C(=O)C(NC(=O)OC(C)(C)C)C(C)CC)c1. The van der Waals surface area contributed by atoms with Crippen molar-refractivity contribution in [1.29, 1.82) is 0 Å². The largest absolute Gasteiger partial charge is 0.444 e. The summed E-state index contributed by atoms with van der Waals surface area (Å²) >= 11 is 0. The summed E-state index contributed by atoms with van der Waals surface area (Å²) in [5.74, 6) is -0.582. The number of hydrogen-bond acceptors (Lipinski definition) is 4. The van der Waals surface area contributed by atoms with Crippen molar-refractivity contribution in [2.75, 3.05) is 6.54 Å². The summed E-state index contributed by atoms with van der Waals surface area (Å²) < 4.78 is 5.52. The quantitative estimate of drug-likeness (QED) is 0.238. The highest BCUT2D eigenvalue weighted by Crippen LogP contribution is 2.28. The van der Waals surface area contributed by atoms with Gasteiger partial charge in [-0.2, -0.15) is 0 Å². The van der Waals surface area contributed by atoms with Gasteiger partial charge in [-0.05, 0) is 63.1 Å². The Morgan fingerprint density at radius 1 is 1.10 bits per heavy atom. The first-order valence-electron chi connectivity index (χ1n) is 15.3. The summed E-state index contributed by atoms with van der Waals surface area (Å²) in [6.45, 7) is 15.8. The molecule has 7 heteroatoms. The second-order valence-electron chi connectivity index (χ2n) is 12.2. The topological polar surface area (TPSA) is 87.7 Å². The Kier molecular flexibility index (Phi) is 13.7. The summed E-state index contributed by atoms with van der Waals surface area (Å²) in [6.07, 6.45) is 10.9. The minimum absolute atomic E-state index is 0.105. The summed E-state index contributed by atoms with van der Waals surface area (Å²) in [5, 5.41) is 6.13. The summed E-state index contributed by atoms with van der Waals surface area (Å²) in [6, 6.07) is 6.15. The molecule has 1 aliphatic carbocycles. The number of alkyl carbamates (subject to hydrolysis) is 1. The molecule has 1 aromatic rings. The zero-order valence-corrected chi connectivity index (χ0v) is 25.8. The van der Waals surface area contributed by atoms with E-state index in [1.54, 1.807) is 31.7 Å². The zero-order valence-electron chi connectivity index (χ0n) is 25.8. The van der Waals surface area contributed by atoms with Crippen LogP contribution in [0.2, 0.25) is 0 Å². The Morgan fingerprint density at radius 2 is 1.80 bits per heavy atom. The predicted octanol–water partition coefficient (Wildman–Crippen LogP) is 7.17. The van der Waals surface area contributed by atoms with Gasteiger partial charge in [0.2, 0.25) is 11.8 Å². The van der Waals surface area contributed by atoms with Crippen LogP contribution in [0.1, 0.15) is 123 Å². The Morgan fingerprint density at radius 3 is 2.40 bits per heavy atom. The van der Waals surface area contributed by atoms with Crippen LogP contribution >= 0.6 is 0 Å². The van der Waals surface area contributed by atoms with Gasteiger partial charge in [-0.15, -0.1) is 0 Å². The van der Waals surface area contributed by atoms with E-state index in [4.69, 9.17) is 4.74 Å². The molecule has 3 unspecified atom stereocenters. The van der Waals surface area contributed by atoms with Gasteiger partial charge in [0, 0.05) is 12.6 Å². The third kappa shape index (κ3) is 10.6. The molecule has 1 fully saturated rings. The molecular weight excluding hydrogens is 502 g/mol. The van der Waals surface area contributed by atoms with Crippen molar-refractivity contribution in [2.24, 2.45) is 5.92 Å². The van der Waals surface area contributed by atoms with Gasteiger partial charge in [0.1, 0.15) is 17.7 Å². The molecule has 7 nitrogen and oxygen atoms in total. The van der Waals surface area contributed by atoms with E-state index in [0.29, 0.717) is 13.0 Å². The second-order valence-corrected chi connectivity index (χ2v) is 12.2. The molecule has 40 heavy (non-hydrogen) atoms. The number of ether oxygens (including phenoxy) is 1. The van der Waals surface area contributed by atoms with Gasteiger partial charge in [-0.25, -0.2) is 4.79 Å². The molecule has 1 saturated carbocycles. The molecule has 3 atom stereocenters. The summed E-state index contributed by atoms with van der Waals surface area (Å²) in [5.41, 5.74) is 0.937. The highest BCUT2D eigenvalue weighted by molar-refractivity contribution is 5.92. The molecule has 0 heterocycles. The number of benzene rings is 1. The van der Waals surface area contributed by atoms with Crippen LogP contribution in [0, 0.1) is 5.92 Å². The number of unbranched alkanes of at least 4 members (excludes halogenated alkanes) is 3. The third-order valence-corrected chi connectivity index (χ3v) is 7.66. The van der Waals surface area contributed by atoms with Gasteiger partial charge in [0.15, 0.2) is 0 Å². The van der Waals surface area contributed by atoms with Crippen molar-refractivity contribution >= 4 is 24.0 Å². The minimum Gasteiger partial charge on any atom is -0.444 e. The highest BCUT2D eigenvalue weighted by atomic mass is 16.6. The third-order valence-electron chi connectivity index (χ3n) is 7.66. The van der Waals surface area contributed by atoms with Gasteiger partial charge >= 0.3 is 6.09 Å². The second kappa shape index (κ2) is 16.4. The van der Waals surface area contributed by atoms with Crippen LogP contribution in [0.25, 0.3) is 6.08 Å². The van der Waals surface area contributed by atoms with Crippen molar-refractivity contribution < 1.29 is 19.1 Å². The van der Waals surface area contributed by atoms with E-state index in [1.165, 1.54) is 6.42 Å². The normalized spacial score (nSPS) is 16.4. The minimum atomic E-state index is -0.821. The Bertz CT molecular complexity index is 965. The van der Waals surface area contributed by atoms with E-state index in [1.807, 2.05) is 38.1 Å². The van der Waals surface area contributed by atoms with Crippen LogP contribution in [0.5, 0.6) is 0 Å². The van der Waals surface area contributed by atoms with E-state index in [2.05, 4.69) is 24.1 Å². The van der Waals surface area contributed by atoms with E-state index in [9.17, 15) is 14.4 Å². The molecule has 224 valence electrons. The van der Waals surface area contributed by atoms with E-state index in [-0.39, 0.29) is 23.8 Å². The van der Waals surface area contributed by atoms with Crippen LogP contribution < -0.4 is 10.6 Å². The van der Waals surface area contributed by atoms with Crippen LogP contribution in [-0.2, 0) is 14.3 Å². The molecule has 2 N–H and O–H groups in total. The lowest BCUT2D eigenvalue weighted by atomic mass is 9.93. The van der Waals surface area contributed by atoms with Gasteiger partial charge < -0.3 is 20.3 Å². The molecular formula is C33H53N3O4. The van der Waals surface area contributed by atoms with Crippen LogP contribution in [0.4, 0.5) is 4.79 Å². The Labute approximate surface area is 242 Å². The average Bonchev–Trinajstić information content (AvgIpc) is 2.92. The monoisotopic (exact) mass is 555 g/mol.